The summed E-state index contributed by atoms with van der Waals surface area (Å²) >= 11 is 0. The van der Waals surface area contributed by atoms with Gasteiger partial charge in [-0.3, -0.25) is 4.79 Å². The fourth-order valence-corrected chi connectivity index (χ4v) is 3.52. The Morgan fingerprint density at radius 3 is 2.29 bits per heavy atom. The summed E-state index contributed by atoms with van der Waals surface area (Å²) in [6.07, 6.45) is 0. The van der Waals surface area contributed by atoms with Crippen LogP contribution < -0.4 is 15.1 Å². The van der Waals surface area contributed by atoms with Crippen LogP contribution in [0, 0.1) is 6.92 Å². The van der Waals surface area contributed by atoms with E-state index in [1.165, 1.54) is 5.69 Å². The van der Waals surface area contributed by atoms with Crippen molar-refractivity contribution < 1.29 is 4.79 Å². The van der Waals surface area contributed by atoms with Crippen molar-refractivity contribution in [3.63, 3.8) is 0 Å². The molecule has 2 aromatic rings. The van der Waals surface area contributed by atoms with Crippen LogP contribution >= 0.6 is 0 Å². The average molecular weight is 383 g/mol. The second-order valence-electron chi connectivity index (χ2n) is 7.00. The number of nitrogens with one attached hydrogen (secondary N) is 1. The Hall–Kier alpha value is -2.83. The van der Waals surface area contributed by atoms with E-state index in [0.717, 1.165) is 62.4 Å². The number of benzene rings is 1. The number of rotatable bonds is 6. The third-order valence-corrected chi connectivity index (χ3v) is 5.14. The molecule has 28 heavy (non-hydrogen) atoms. The Kier molecular flexibility index (Phi) is 6.34. The van der Waals surface area contributed by atoms with E-state index >= 15 is 0 Å². The number of carbonyl (C=O) groups excluding carboxylic acids is 1. The number of carbonyl (C=O) groups is 1. The van der Waals surface area contributed by atoms with Gasteiger partial charge in [0.25, 0.3) is 0 Å². The number of piperazine rings is 1. The van der Waals surface area contributed by atoms with Crippen molar-refractivity contribution in [2.75, 3.05) is 54.4 Å². The summed E-state index contributed by atoms with van der Waals surface area (Å²) in [5.41, 5.74) is 2.22. The summed E-state index contributed by atoms with van der Waals surface area (Å²) < 4.78 is 0. The molecule has 7 heteroatoms. The van der Waals surface area contributed by atoms with Crippen molar-refractivity contribution >= 4 is 28.9 Å². The number of nitrogens with zero attached hydrogens (tertiary/aromatic N) is 5. The first-order valence-corrected chi connectivity index (χ1v) is 9.98. The van der Waals surface area contributed by atoms with Crippen LogP contribution in [0.3, 0.4) is 0 Å². The maximum Gasteiger partial charge on any atom is 0.219 e. The molecule has 1 aliphatic heterocycles. The fraction of sp³-hybridized carbons (Fsp3) is 0.476. The van der Waals surface area contributed by atoms with E-state index < -0.39 is 0 Å². The van der Waals surface area contributed by atoms with Crippen LogP contribution in [0.15, 0.2) is 30.3 Å². The van der Waals surface area contributed by atoms with Gasteiger partial charge in [-0.25, -0.2) is 9.97 Å². The van der Waals surface area contributed by atoms with Crippen molar-refractivity contribution in [1.82, 2.24) is 14.9 Å². The molecule has 2 heterocycles. The number of hydrogen-bond donors (Lipinski definition) is 1. The van der Waals surface area contributed by atoms with E-state index in [1.54, 1.807) is 6.92 Å². The van der Waals surface area contributed by atoms with Crippen LogP contribution in [0.4, 0.5) is 23.0 Å². The van der Waals surface area contributed by atoms with Crippen LogP contribution in [0.1, 0.15) is 26.6 Å². The smallest absolute Gasteiger partial charge is 0.219 e. The van der Waals surface area contributed by atoms with E-state index in [2.05, 4.69) is 63.2 Å². The SMILES string of the molecule is CCN(CC)c1ccc(Nc2cc(N3CCN(C(C)=O)CC3)nc(C)n2)cc1. The van der Waals surface area contributed by atoms with Gasteiger partial charge in [-0.05, 0) is 45.0 Å². The molecule has 1 aromatic heterocycles. The molecule has 1 amide bonds. The Labute approximate surface area is 167 Å². The molecule has 1 saturated heterocycles. The lowest BCUT2D eigenvalue weighted by Gasteiger charge is -2.35. The molecule has 1 fully saturated rings. The van der Waals surface area contributed by atoms with Gasteiger partial charge < -0.3 is 20.0 Å². The Balaban J connectivity index is 1.71. The summed E-state index contributed by atoms with van der Waals surface area (Å²) in [4.78, 5) is 27.1. The summed E-state index contributed by atoms with van der Waals surface area (Å²) in [5.74, 6) is 2.55. The molecule has 0 spiro atoms. The van der Waals surface area contributed by atoms with Gasteiger partial charge in [-0.15, -0.1) is 0 Å². The molecule has 1 aliphatic rings. The van der Waals surface area contributed by atoms with E-state index in [0.29, 0.717) is 0 Å². The predicted molar refractivity (Wildman–Crippen MR) is 115 cm³/mol. The molecule has 1 aromatic carbocycles. The molecular formula is C21H30N6O. The number of hydrogen-bond acceptors (Lipinski definition) is 6. The summed E-state index contributed by atoms with van der Waals surface area (Å²) in [6, 6.07) is 10.4. The van der Waals surface area contributed by atoms with Crippen LogP contribution in [0.5, 0.6) is 0 Å². The summed E-state index contributed by atoms with van der Waals surface area (Å²) in [5, 5.41) is 3.39. The third kappa shape index (κ3) is 4.71. The molecule has 0 atom stereocenters. The molecule has 0 bridgehead atoms. The second kappa shape index (κ2) is 8.91. The topological polar surface area (TPSA) is 64.6 Å². The molecule has 0 radical (unpaired) electrons. The lowest BCUT2D eigenvalue weighted by atomic mass is 10.2. The van der Waals surface area contributed by atoms with Gasteiger partial charge in [0.1, 0.15) is 17.5 Å². The highest BCUT2D eigenvalue weighted by atomic mass is 16.2. The predicted octanol–water partition coefficient (Wildman–Crippen LogP) is 3.04. The minimum atomic E-state index is 0.133. The van der Waals surface area contributed by atoms with Gasteiger partial charge in [0.05, 0.1) is 0 Å². The standard InChI is InChI=1S/C21H30N6O/c1-5-25(6-2)19-9-7-18(8-10-19)24-20-15-21(23-16(3)22-20)27-13-11-26(12-14-27)17(4)28/h7-10,15H,5-6,11-14H2,1-4H3,(H,22,23,24). The molecule has 0 unspecified atom stereocenters. The highest BCUT2D eigenvalue weighted by molar-refractivity contribution is 5.73. The van der Waals surface area contributed by atoms with Crippen LogP contribution in [0.2, 0.25) is 0 Å². The Bertz CT molecular complexity index is 795. The quantitative estimate of drug-likeness (QED) is 0.828. The van der Waals surface area contributed by atoms with Gasteiger partial charge in [-0.2, -0.15) is 0 Å². The van der Waals surface area contributed by atoms with Crippen LogP contribution in [0.25, 0.3) is 0 Å². The highest BCUT2D eigenvalue weighted by Crippen LogP contribution is 2.23. The summed E-state index contributed by atoms with van der Waals surface area (Å²) in [7, 11) is 0. The van der Waals surface area contributed by atoms with E-state index in [-0.39, 0.29) is 5.91 Å². The molecule has 7 nitrogen and oxygen atoms in total. The van der Waals surface area contributed by atoms with E-state index in [1.807, 2.05) is 17.9 Å². The molecule has 0 saturated carbocycles. The summed E-state index contributed by atoms with van der Waals surface area (Å²) in [6.45, 7) is 12.9. The second-order valence-corrected chi connectivity index (χ2v) is 7.00. The Morgan fingerprint density at radius 2 is 1.71 bits per heavy atom. The first kappa shape index (κ1) is 19.9. The first-order chi connectivity index (χ1) is 13.5. The van der Waals surface area contributed by atoms with Gasteiger partial charge >= 0.3 is 0 Å². The van der Waals surface area contributed by atoms with Gasteiger partial charge in [-0.1, -0.05) is 0 Å². The van der Waals surface area contributed by atoms with Gasteiger partial charge in [0, 0.05) is 63.6 Å². The maximum atomic E-state index is 11.5. The van der Waals surface area contributed by atoms with Crippen LogP contribution in [-0.2, 0) is 4.79 Å². The molecular weight excluding hydrogens is 352 g/mol. The third-order valence-electron chi connectivity index (χ3n) is 5.14. The van der Waals surface area contributed by atoms with Crippen molar-refractivity contribution in [1.29, 1.82) is 0 Å². The zero-order chi connectivity index (χ0) is 20.1. The molecule has 1 N–H and O–H groups in total. The minimum absolute atomic E-state index is 0.133. The average Bonchev–Trinajstić information content (AvgIpc) is 2.70. The van der Waals surface area contributed by atoms with E-state index in [4.69, 9.17) is 0 Å². The maximum absolute atomic E-state index is 11.5. The Morgan fingerprint density at radius 1 is 1.07 bits per heavy atom. The van der Waals surface area contributed by atoms with Crippen molar-refractivity contribution in [2.45, 2.75) is 27.7 Å². The number of amides is 1. The first-order valence-electron chi connectivity index (χ1n) is 9.98. The molecule has 150 valence electrons. The number of anilines is 4. The van der Waals surface area contributed by atoms with Crippen molar-refractivity contribution in [3.05, 3.63) is 36.2 Å². The highest BCUT2D eigenvalue weighted by Gasteiger charge is 2.20. The van der Waals surface area contributed by atoms with Gasteiger partial charge in [0.15, 0.2) is 0 Å². The normalized spacial score (nSPS) is 14.1. The zero-order valence-corrected chi connectivity index (χ0v) is 17.3. The van der Waals surface area contributed by atoms with Crippen molar-refractivity contribution in [2.24, 2.45) is 0 Å². The monoisotopic (exact) mass is 382 g/mol. The molecule has 3 rings (SSSR count). The van der Waals surface area contributed by atoms with Gasteiger partial charge in [0.2, 0.25) is 5.91 Å². The lowest BCUT2D eigenvalue weighted by molar-refractivity contribution is -0.129. The van der Waals surface area contributed by atoms with E-state index in [9.17, 15) is 4.79 Å². The largest absolute Gasteiger partial charge is 0.372 e. The minimum Gasteiger partial charge on any atom is -0.372 e. The fourth-order valence-electron chi connectivity index (χ4n) is 3.52. The lowest BCUT2D eigenvalue weighted by Crippen LogP contribution is -2.48. The number of aryl methyl sites for hydroxylation is 1. The zero-order valence-electron chi connectivity index (χ0n) is 17.3. The molecule has 0 aliphatic carbocycles. The van der Waals surface area contributed by atoms with Crippen LogP contribution in [-0.4, -0.2) is 60.0 Å². The van der Waals surface area contributed by atoms with Crippen molar-refractivity contribution in [3.8, 4) is 0 Å². The number of aromatic nitrogens is 2.